The van der Waals surface area contributed by atoms with Gasteiger partial charge in [-0.1, -0.05) is 18.2 Å². The van der Waals surface area contributed by atoms with Crippen LogP contribution in [0.2, 0.25) is 0 Å². The molecule has 0 bridgehead atoms. The minimum atomic E-state index is -0.0168. The monoisotopic (exact) mass is 392 g/mol. The van der Waals surface area contributed by atoms with Crippen LogP contribution in [0, 0.1) is 13.8 Å². The van der Waals surface area contributed by atoms with Crippen molar-refractivity contribution < 1.29 is 10.2 Å². The Morgan fingerprint density at radius 3 is 2.41 bits per heavy atom. The van der Waals surface area contributed by atoms with Gasteiger partial charge < -0.3 is 20.4 Å². The molecule has 0 spiro atoms. The molecule has 0 atom stereocenters. The van der Waals surface area contributed by atoms with E-state index in [9.17, 15) is 10.2 Å². The minimum absolute atomic E-state index is 0.0168. The molecule has 8 heteroatoms. The van der Waals surface area contributed by atoms with Crippen LogP contribution in [0.1, 0.15) is 11.1 Å². The largest absolute Gasteiger partial charge is 0.395 e. The Kier molecular flexibility index (Phi) is 5.28. The number of hydrogen-bond donors (Lipinski definition) is 3. The van der Waals surface area contributed by atoms with Gasteiger partial charge in [0.15, 0.2) is 11.5 Å². The molecule has 1 aromatic carbocycles. The van der Waals surface area contributed by atoms with Crippen LogP contribution in [0.4, 0.5) is 17.3 Å². The zero-order chi connectivity index (χ0) is 20.4. The standard InChI is InChI=1S/C21H24N6O2/c1-14-4-3-5-15(2)19(14)25-20-17-12-22-13-27(17)21-16(23-20)6-7-18(24-21)26(8-10-28)9-11-29/h3-7,12-13,28-29H,8-11H2,1-2H3,(H,23,25). The van der Waals surface area contributed by atoms with E-state index >= 15 is 0 Å². The number of fused-ring (bicyclic) bond motifs is 3. The van der Waals surface area contributed by atoms with Crippen molar-refractivity contribution in [3.8, 4) is 0 Å². The molecule has 0 amide bonds. The lowest BCUT2D eigenvalue weighted by atomic mass is 10.1. The van der Waals surface area contributed by atoms with Gasteiger partial charge in [-0.05, 0) is 37.1 Å². The molecule has 0 radical (unpaired) electrons. The van der Waals surface area contributed by atoms with Crippen LogP contribution in [0.15, 0.2) is 42.9 Å². The molecule has 0 aliphatic carbocycles. The summed E-state index contributed by atoms with van der Waals surface area (Å²) in [5.74, 6) is 1.39. The molecule has 0 unspecified atom stereocenters. The Labute approximate surface area is 168 Å². The number of para-hydroxylation sites is 1. The first-order chi connectivity index (χ1) is 14.1. The summed E-state index contributed by atoms with van der Waals surface area (Å²) in [6, 6.07) is 9.92. The number of aryl methyl sites for hydroxylation is 2. The number of aromatic nitrogens is 4. The maximum absolute atomic E-state index is 9.31. The SMILES string of the molecule is Cc1cccc(C)c1Nc1nc2ccc(N(CCO)CCO)nc2n2cncc12. The highest BCUT2D eigenvalue weighted by Gasteiger charge is 2.14. The highest BCUT2D eigenvalue weighted by atomic mass is 16.3. The molecule has 0 aliphatic heterocycles. The van der Waals surface area contributed by atoms with Crippen molar-refractivity contribution >= 4 is 34.0 Å². The van der Waals surface area contributed by atoms with Crippen LogP contribution in [-0.4, -0.2) is 55.9 Å². The maximum atomic E-state index is 9.31. The van der Waals surface area contributed by atoms with E-state index < -0.39 is 0 Å². The zero-order valence-electron chi connectivity index (χ0n) is 16.5. The van der Waals surface area contributed by atoms with Gasteiger partial charge in [0.25, 0.3) is 0 Å². The van der Waals surface area contributed by atoms with Crippen LogP contribution >= 0.6 is 0 Å². The third-order valence-electron chi connectivity index (χ3n) is 4.97. The average Bonchev–Trinajstić information content (AvgIpc) is 3.21. The molecule has 3 aromatic heterocycles. The molecule has 3 heterocycles. The Bertz CT molecular complexity index is 1130. The number of anilines is 3. The fourth-order valence-corrected chi connectivity index (χ4v) is 3.49. The van der Waals surface area contributed by atoms with E-state index in [1.807, 2.05) is 27.5 Å². The van der Waals surface area contributed by atoms with Crippen LogP contribution < -0.4 is 10.2 Å². The minimum Gasteiger partial charge on any atom is -0.395 e. The molecule has 8 nitrogen and oxygen atoms in total. The second-order valence-corrected chi connectivity index (χ2v) is 6.95. The summed E-state index contributed by atoms with van der Waals surface area (Å²) in [6.45, 7) is 4.88. The van der Waals surface area contributed by atoms with Gasteiger partial charge in [-0.25, -0.2) is 15.0 Å². The van der Waals surface area contributed by atoms with Crippen molar-refractivity contribution in [2.45, 2.75) is 13.8 Å². The highest BCUT2D eigenvalue weighted by Crippen LogP contribution is 2.28. The fourth-order valence-electron chi connectivity index (χ4n) is 3.49. The van der Waals surface area contributed by atoms with Crippen LogP contribution in [0.25, 0.3) is 16.7 Å². The van der Waals surface area contributed by atoms with Crippen LogP contribution in [0.3, 0.4) is 0 Å². The van der Waals surface area contributed by atoms with Crippen molar-refractivity contribution in [3.05, 3.63) is 54.0 Å². The average molecular weight is 392 g/mol. The Balaban J connectivity index is 1.82. The van der Waals surface area contributed by atoms with Crippen molar-refractivity contribution in [2.24, 2.45) is 0 Å². The topological polar surface area (TPSA) is 98.8 Å². The van der Waals surface area contributed by atoms with Crippen LogP contribution in [0.5, 0.6) is 0 Å². The number of benzene rings is 1. The fraction of sp³-hybridized carbons (Fsp3) is 0.286. The quantitative estimate of drug-likeness (QED) is 0.444. The number of hydrogen-bond acceptors (Lipinski definition) is 7. The van der Waals surface area contributed by atoms with Crippen LogP contribution in [-0.2, 0) is 0 Å². The Morgan fingerprint density at radius 1 is 1.00 bits per heavy atom. The summed E-state index contributed by atoms with van der Waals surface area (Å²) in [4.78, 5) is 15.7. The molecular weight excluding hydrogens is 368 g/mol. The molecule has 29 heavy (non-hydrogen) atoms. The second-order valence-electron chi connectivity index (χ2n) is 6.95. The van der Waals surface area contributed by atoms with Gasteiger partial charge in [0.05, 0.1) is 19.4 Å². The number of nitrogens with zero attached hydrogens (tertiary/aromatic N) is 5. The van der Waals surface area contributed by atoms with Gasteiger partial charge in [0.1, 0.15) is 23.2 Å². The van der Waals surface area contributed by atoms with E-state index in [0.717, 1.165) is 27.8 Å². The lowest BCUT2D eigenvalue weighted by Gasteiger charge is -2.22. The Morgan fingerprint density at radius 2 is 1.72 bits per heavy atom. The molecule has 0 saturated carbocycles. The number of nitrogens with one attached hydrogen (secondary N) is 1. The van der Waals surface area contributed by atoms with E-state index in [-0.39, 0.29) is 13.2 Å². The van der Waals surface area contributed by atoms with E-state index in [2.05, 4.69) is 36.3 Å². The lowest BCUT2D eigenvalue weighted by Crippen LogP contribution is -2.30. The van der Waals surface area contributed by atoms with E-state index in [4.69, 9.17) is 9.97 Å². The molecule has 4 aromatic rings. The summed E-state index contributed by atoms with van der Waals surface area (Å²) in [7, 11) is 0. The number of imidazole rings is 1. The Hall–Kier alpha value is -3.23. The van der Waals surface area contributed by atoms with Gasteiger partial charge >= 0.3 is 0 Å². The molecule has 0 saturated heterocycles. The van der Waals surface area contributed by atoms with Crippen molar-refractivity contribution in [2.75, 3.05) is 36.5 Å². The lowest BCUT2D eigenvalue weighted by molar-refractivity contribution is 0.280. The molecule has 0 aliphatic rings. The van der Waals surface area contributed by atoms with Gasteiger partial charge in [-0.3, -0.25) is 4.40 Å². The third kappa shape index (κ3) is 3.59. The third-order valence-corrected chi connectivity index (χ3v) is 4.97. The van der Waals surface area contributed by atoms with E-state index in [1.54, 1.807) is 12.5 Å². The summed E-state index contributed by atoms with van der Waals surface area (Å²) in [6.07, 6.45) is 3.48. The van der Waals surface area contributed by atoms with Gasteiger partial charge in [0, 0.05) is 18.8 Å². The first kappa shape index (κ1) is 19.1. The normalized spacial score (nSPS) is 11.3. The van der Waals surface area contributed by atoms with Crippen molar-refractivity contribution in [3.63, 3.8) is 0 Å². The molecular formula is C21H24N6O2. The number of aliphatic hydroxyl groups is 2. The molecule has 3 N–H and O–H groups in total. The zero-order valence-corrected chi connectivity index (χ0v) is 16.5. The summed E-state index contributed by atoms with van der Waals surface area (Å²) >= 11 is 0. The highest BCUT2D eigenvalue weighted by molar-refractivity contribution is 5.85. The smallest absolute Gasteiger partial charge is 0.166 e. The van der Waals surface area contributed by atoms with Gasteiger partial charge in [-0.2, -0.15) is 0 Å². The molecule has 4 rings (SSSR count). The van der Waals surface area contributed by atoms with Crippen molar-refractivity contribution in [1.29, 1.82) is 0 Å². The number of aliphatic hydroxyl groups excluding tert-OH is 2. The summed E-state index contributed by atoms with van der Waals surface area (Å²) in [5, 5.41) is 22.1. The van der Waals surface area contributed by atoms with Gasteiger partial charge in [-0.15, -0.1) is 0 Å². The predicted octanol–water partition coefficient (Wildman–Crippen LogP) is 2.43. The summed E-state index contributed by atoms with van der Waals surface area (Å²) in [5.41, 5.74) is 5.53. The first-order valence-electron chi connectivity index (χ1n) is 9.55. The second kappa shape index (κ2) is 8.02. The predicted molar refractivity (Wildman–Crippen MR) is 114 cm³/mol. The summed E-state index contributed by atoms with van der Waals surface area (Å²) < 4.78 is 1.90. The number of rotatable bonds is 7. The number of pyridine rings is 1. The van der Waals surface area contributed by atoms with E-state index in [1.165, 1.54) is 0 Å². The van der Waals surface area contributed by atoms with Crippen molar-refractivity contribution in [1.82, 2.24) is 19.4 Å². The maximum Gasteiger partial charge on any atom is 0.166 e. The first-order valence-corrected chi connectivity index (χ1v) is 9.55. The van der Waals surface area contributed by atoms with E-state index in [0.29, 0.717) is 30.4 Å². The molecule has 150 valence electrons. The van der Waals surface area contributed by atoms with Gasteiger partial charge in [0.2, 0.25) is 0 Å². The molecule has 0 fully saturated rings.